The van der Waals surface area contributed by atoms with Gasteiger partial charge in [0.1, 0.15) is 5.76 Å². The highest BCUT2D eigenvalue weighted by Crippen LogP contribution is 2.20. The van der Waals surface area contributed by atoms with Crippen LogP contribution in [0.2, 0.25) is 0 Å². The fourth-order valence-electron chi connectivity index (χ4n) is 2.67. The van der Waals surface area contributed by atoms with Gasteiger partial charge in [-0.3, -0.25) is 9.69 Å². The predicted octanol–water partition coefficient (Wildman–Crippen LogP) is 1.59. The van der Waals surface area contributed by atoms with Gasteiger partial charge >= 0.3 is 0 Å². The highest BCUT2D eigenvalue weighted by Gasteiger charge is 2.31. The van der Waals surface area contributed by atoms with Crippen molar-refractivity contribution in [3.63, 3.8) is 0 Å². The molecular weight excluding hydrogens is 270 g/mol. The lowest BCUT2D eigenvalue weighted by molar-refractivity contribution is 0.0750. The van der Waals surface area contributed by atoms with Gasteiger partial charge in [-0.1, -0.05) is 19.0 Å². The summed E-state index contributed by atoms with van der Waals surface area (Å²) < 4.78 is 10.6. The van der Waals surface area contributed by atoms with Crippen LogP contribution in [0.15, 0.2) is 10.6 Å². The second kappa shape index (κ2) is 6.58. The summed E-state index contributed by atoms with van der Waals surface area (Å²) in [4.78, 5) is 16.3. The maximum absolute atomic E-state index is 12.4. The van der Waals surface area contributed by atoms with E-state index in [9.17, 15) is 4.79 Å². The summed E-state index contributed by atoms with van der Waals surface area (Å²) in [5, 5.41) is 3.88. The predicted molar refractivity (Wildman–Crippen MR) is 79.4 cm³/mol. The standard InChI is InChI=1S/C15H25N3O3/c1-10(2)14-7-13(16-21-14)15(19)18(4)8-11-6-12(20-5)9-17(11)3/h7,10-12H,6,8-9H2,1-5H3/t11-,12-/m0/s1. The van der Waals surface area contributed by atoms with Gasteiger partial charge in [0.15, 0.2) is 5.69 Å². The Balaban J connectivity index is 1.96. The van der Waals surface area contributed by atoms with Crippen LogP contribution in [0.5, 0.6) is 0 Å². The van der Waals surface area contributed by atoms with E-state index in [1.807, 2.05) is 13.8 Å². The Labute approximate surface area is 126 Å². The summed E-state index contributed by atoms with van der Waals surface area (Å²) in [5.41, 5.74) is 0.380. The molecule has 118 valence electrons. The van der Waals surface area contributed by atoms with Crippen molar-refractivity contribution in [2.24, 2.45) is 0 Å². The third-order valence-corrected chi connectivity index (χ3v) is 4.13. The summed E-state index contributed by atoms with van der Waals surface area (Å²) in [6.45, 7) is 5.59. The zero-order valence-corrected chi connectivity index (χ0v) is 13.5. The zero-order valence-electron chi connectivity index (χ0n) is 13.5. The number of aromatic nitrogens is 1. The zero-order chi connectivity index (χ0) is 15.6. The van der Waals surface area contributed by atoms with Gasteiger partial charge in [-0.2, -0.15) is 0 Å². The van der Waals surface area contributed by atoms with Crippen LogP contribution in [0.1, 0.15) is 42.4 Å². The van der Waals surface area contributed by atoms with E-state index in [-0.39, 0.29) is 17.9 Å². The SMILES string of the molecule is CO[C@H]1C[C@@H](CN(C)C(=O)c2cc(C(C)C)on2)N(C)C1. The fourth-order valence-corrected chi connectivity index (χ4v) is 2.67. The molecule has 1 aromatic rings. The molecule has 1 aromatic heterocycles. The first-order chi connectivity index (χ1) is 9.92. The molecule has 6 heteroatoms. The first-order valence-electron chi connectivity index (χ1n) is 7.37. The molecule has 2 atom stereocenters. The lowest BCUT2D eigenvalue weighted by atomic mass is 10.1. The van der Waals surface area contributed by atoms with Crippen molar-refractivity contribution in [2.45, 2.75) is 38.3 Å². The number of likely N-dealkylation sites (tertiary alicyclic amines) is 1. The molecule has 1 aliphatic rings. The number of amides is 1. The van der Waals surface area contributed by atoms with E-state index in [1.54, 1.807) is 25.1 Å². The average Bonchev–Trinajstić information content (AvgIpc) is 3.05. The number of methoxy groups -OCH3 is 1. The molecule has 2 rings (SSSR count). The maximum atomic E-state index is 12.4. The van der Waals surface area contributed by atoms with E-state index < -0.39 is 0 Å². The number of nitrogens with zero attached hydrogens (tertiary/aromatic N) is 3. The van der Waals surface area contributed by atoms with Gasteiger partial charge in [-0.05, 0) is 13.5 Å². The summed E-state index contributed by atoms with van der Waals surface area (Å²) in [5.74, 6) is 0.872. The fraction of sp³-hybridized carbons (Fsp3) is 0.733. The van der Waals surface area contributed by atoms with Crippen LogP contribution < -0.4 is 0 Å². The van der Waals surface area contributed by atoms with Crippen LogP contribution in [0.25, 0.3) is 0 Å². The third-order valence-electron chi connectivity index (χ3n) is 4.13. The van der Waals surface area contributed by atoms with Crippen LogP contribution in [0, 0.1) is 0 Å². The van der Waals surface area contributed by atoms with Gasteiger partial charge < -0.3 is 14.2 Å². The molecular formula is C15H25N3O3. The average molecular weight is 295 g/mol. The number of carbonyl (C=O) groups is 1. The largest absolute Gasteiger partial charge is 0.380 e. The molecule has 0 radical (unpaired) electrons. The molecule has 6 nitrogen and oxygen atoms in total. The summed E-state index contributed by atoms with van der Waals surface area (Å²) >= 11 is 0. The molecule has 0 bridgehead atoms. The molecule has 0 spiro atoms. The molecule has 1 aliphatic heterocycles. The van der Waals surface area contributed by atoms with Crippen LogP contribution in [-0.2, 0) is 4.74 Å². The van der Waals surface area contributed by atoms with Gasteiger partial charge in [-0.25, -0.2) is 0 Å². The third kappa shape index (κ3) is 3.63. The van der Waals surface area contributed by atoms with Crippen LogP contribution in [0.3, 0.4) is 0 Å². The molecule has 2 heterocycles. The second-order valence-electron chi connectivity index (χ2n) is 6.14. The minimum Gasteiger partial charge on any atom is -0.380 e. The summed E-state index contributed by atoms with van der Waals surface area (Å²) in [6, 6.07) is 2.06. The van der Waals surface area contributed by atoms with Crippen molar-refractivity contribution in [3.05, 3.63) is 17.5 Å². The summed E-state index contributed by atoms with van der Waals surface area (Å²) in [6.07, 6.45) is 1.20. The first-order valence-corrected chi connectivity index (χ1v) is 7.37. The van der Waals surface area contributed by atoms with Crippen molar-refractivity contribution in [1.82, 2.24) is 15.0 Å². The topological polar surface area (TPSA) is 58.8 Å². The lowest BCUT2D eigenvalue weighted by Crippen LogP contribution is -2.39. The Bertz CT molecular complexity index is 486. The van der Waals surface area contributed by atoms with E-state index in [1.165, 1.54) is 0 Å². The highest BCUT2D eigenvalue weighted by molar-refractivity contribution is 5.92. The lowest BCUT2D eigenvalue weighted by Gasteiger charge is -2.24. The van der Waals surface area contributed by atoms with Gasteiger partial charge in [0.05, 0.1) is 6.10 Å². The van der Waals surface area contributed by atoms with Crippen molar-refractivity contribution in [3.8, 4) is 0 Å². The number of carbonyl (C=O) groups excluding carboxylic acids is 1. The molecule has 0 N–H and O–H groups in total. The summed E-state index contributed by atoms with van der Waals surface area (Å²) in [7, 11) is 5.60. The number of rotatable bonds is 5. The normalized spacial score (nSPS) is 23.0. The van der Waals surface area contributed by atoms with Gasteiger partial charge in [-0.15, -0.1) is 0 Å². The maximum Gasteiger partial charge on any atom is 0.275 e. The Morgan fingerprint density at radius 2 is 2.33 bits per heavy atom. The Hall–Kier alpha value is -1.40. The molecule has 1 amide bonds. The van der Waals surface area contributed by atoms with Gasteiger partial charge in [0.2, 0.25) is 0 Å². The van der Waals surface area contributed by atoms with E-state index in [0.717, 1.165) is 18.7 Å². The number of ether oxygens (including phenoxy) is 1. The number of hydrogen-bond acceptors (Lipinski definition) is 5. The Morgan fingerprint density at radius 3 is 2.86 bits per heavy atom. The quantitative estimate of drug-likeness (QED) is 0.825. The van der Waals surface area contributed by atoms with Crippen molar-refractivity contribution in [2.75, 3.05) is 34.3 Å². The van der Waals surface area contributed by atoms with E-state index in [0.29, 0.717) is 18.3 Å². The number of hydrogen-bond donors (Lipinski definition) is 0. The molecule has 1 fully saturated rings. The molecule has 1 saturated heterocycles. The molecule has 0 saturated carbocycles. The van der Waals surface area contributed by atoms with E-state index in [2.05, 4.69) is 17.1 Å². The number of likely N-dealkylation sites (N-methyl/N-ethyl adjacent to an activating group) is 2. The Kier molecular flexibility index (Phi) is 5.00. The van der Waals surface area contributed by atoms with E-state index >= 15 is 0 Å². The molecule has 0 aliphatic carbocycles. The smallest absolute Gasteiger partial charge is 0.275 e. The minimum atomic E-state index is -0.0973. The monoisotopic (exact) mass is 295 g/mol. The van der Waals surface area contributed by atoms with Crippen molar-refractivity contribution >= 4 is 5.91 Å². The highest BCUT2D eigenvalue weighted by atomic mass is 16.5. The Morgan fingerprint density at radius 1 is 1.62 bits per heavy atom. The molecule has 0 unspecified atom stereocenters. The van der Waals surface area contributed by atoms with Gasteiger partial charge in [0, 0.05) is 45.3 Å². The van der Waals surface area contributed by atoms with Crippen LogP contribution in [-0.4, -0.2) is 67.3 Å². The van der Waals surface area contributed by atoms with Crippen molar-refractivity contribution < 1.29 is 14.1 Å². The van der Waals surface area contributed by atoms with Crippen LogP contribution in [0.4, 0.5) is 0 Å². The first kappa shape index (κ1) is 16.0. The van der Waals surface area contributed by atoms with E-state index in [4.69, 9.17) is 9.26 Å². The van der Waals surface area contributed by atoms with Crippen molar-refractivity contribution in [1.29, 1.82) is 0 Å². The molecule has 21 heavy (non-hydrogen) atoms. The van der Waals surface area contributed by atoms with Crippen LogP contribution >= 0.6 is 0 Å². The second-order valence-corrected chi connectivity index (χ2v) is 6.14. The molecule has 0 aromatic carbocycles. The minimum absolute atomic E-state index is 0.0973. The van der Waals surface area contributed by atoms with Gasteiger partial charge in [0.25, 0.3) is 5.91 Å².